The predicted octanol–water partition coefficient (Wildman–Crippen LogP) is 2.72. The van der Waals surface area contributed by atoms with E-state index in [1.807, 2.05) is 10.9 Å². The third-order valence-corrected chi connectivity index (χ3v) is 3.12. The van der Waals surface area contributed by atoms with Gasteiger partial charge in [-0.2, -0.15) is 0 Å². The molecular weight excluding hydrogens is 236 g/mol. The first-order valence-electron chi connectivity index (χ1n) is 7.04. The summed E-state index contributed by atoms with van der Waals surface area (Å²) in [6.45, 7) is 6.01. The number of benzene rings is 1. The summed E-state index contributed by atoms with van der Waals surface area (Å²) in [5, 5.41) is 11.6. The number of nitrogens with one attached hydrogen (secondary N) is 1. The van der Waals surface area contributed by atoms with Crippen molar-refractivity contribution >= 4 is 0 Å². The minimum absolute atomic E-state index is 0.769. The molecule has 0 bridgehead atoms. The van der Waals surface area contributed by atoms with Crippen LogP contribution in [0.4, 0.5) is 0 Å². The maximum atomic E-state index is 4.16. The van der Waals surface area contributed by atoms with Crippen molar-refractivity contribution in [2.45, 2.75) is 39.7 Å². The first kappa shape index (κ1) is 13.7. The summed E-state index contributed by atoms with van der Waals surface area (Å²) in [4.78, 5) is 0. The molecule has 102 valence electrons. The highest BCUT2D eigenvalue weighted by Gasteiger charge is 2.02. The van der Waals surface area contributed by atoms with Gasteiger partial charge in [-0.1, -0.05) is 37.6 Å². The predicted molar refractivity (Wildman–Crippen MR) is 77.4 cm³/mol. The van der Waals surface area contributed by atoms with E-state index >= 15 is 0 Å². The van der Waals surface area contributed by atoms with Crippen molar-refractivity contribution in [2.24, 2.45) is 0 Å². The summed E-state index contributed by atoms with van der Waals surface area (Å²) in [6, 6.07) is 8.57. The summed E-state index contributed by atoms with van der Waals surface area (Å²) in [6.07, 6.45) is 5.61. The van der Waals surface area contributed by atoms with E-state index in [9.17, 15) is 0 Å². The Balaban J connectivity index is 2.02. The summed E-state index contributed by atoms with van der Waals surface area (Å²) < 4.78 is 1.83. The second-order valence-electron chi connectivity index (χ2n) is 4.70. The van der Waals surface area contributed by atoms with Gasteiger partial charge in [-0.25, -0.2) is 4.68 Å². The highest BCUT2D eigenvalue weighted by molar-refractivity contribution is 5.33. The second kappa shape index (κ2) is 7.04. The zero-order valence-electron chi connectivity index (χ0n) is 11.8. The Morgan fingerprint density at radius 3 is 2.63 bits per heavy atom. The van der Waals surface area contributed by atoms with Crippen molar-refractivity contribution in [3.8, 4) is 5.69 Å². The van der Waals surface area contributed by atoms with Crippen molar-refractivity contribution in [1.29, 1.82) is 0 Å². The molecule has 2 aromatic rings. The molecule has 1 heterocycles. The standard InChI is InChI=1S/C15H22N4/c1-3-5-6-13-7-9-15(10-8-13)19-12-14(17-18-19)11-16-4-2/h7-10,12,16H,3-6,11H2,1-2H3. The molecule has 0 radical (unpaired) electrons. The fraction of sp³-hybridized carbons (Fsp3) is 0.467. The summed E-state index contributed by atoms with van der Waals surface area (Å²) in [5.74, 6) is 0. The molecule has 4 nitrogen and oxygen atoms in total. The van der Waals surface area contributed by atoms with Gasteiger partial charge in [0.2, 0.25) is 0 Å². The van der Waals surface area contributed by atoms with Gasteiger partial charge in [-0.3, -0.25) is 0 Å². The smallest absolute Gasteiger partial charge is 0.0969 e. The number of aryl methyl sites for hydroxylation is 1. The average molecular weight is 258 g/mol. The van der Waals surface area contributed by atoms with Crippen LogP contribution >= 0.6 is 0 Å². The molecule has 1 N–H and O–H groups in total. The van der Waals surface area contributed by atoms with Crippen molar-refractivity contribution in [2.75, 3.05) is 6.54 Å². The fourth-order valence-corrected chi connectivity index (χ4v) is 1.95. The van der Waals surface area contributed by atoms with Crippen LogP contribution in [0.1, 0.15) is 37.9 Å². The molecule has 2 rings (SSSR count). The number of hydrogen-bond donors (Lipinski definition) is 1. The van der Waals surface area contributed by atoms with E-state index in [4.69, 9.17) is 0 Å². The monoisotopic (exact) mass is 258 g/mol. The van der Waals surface area contributed by atoms with Crippen LogP contribution in [0.15, 0.2) is 30.5 Å². The van der Waals surface area contributed by atoms with Gasteiger partial charge in [0, 0.05) is 6.54 Å². The largest absolute Gasteiger partial charge is 0.311 e. The van der Waals surface area contributed by atoms with Gasteiger partial charge in [0.1, 0.15) is 0 Å². The molecule has 1 aromatic carbocycles. The van der Waals surface area contributed by atoms with Gasteiger partial charge < -0.3 is 5.32 Å². The molecule has 19 heavy (non-hydrogen) atoms. The van der Waals surface area contributed by atoms with Crippen LogP contribution in [-0.4, -0.2) is 21.5 Å². The van der Waals surface area contributed by atoms with Gasteiger partial charge in [0.05, 0.1) is 17.6 Å². The van der Waals surface area contributed by atoms with Gasteiger partial charge in [0.15, 0.2) is 0 Å². The van der Waals surface area contributed by atoms with Crippen LogP contribution in [0.25, 0.3) is 5.69 Å². The van der Waals surface area contributed by atoms with Crippen molar-refractivity contribution < 1.29 is 0 Å². The van der Waals surface area contributed by atoms with Crippen molar-refractivity contribution in [3.63, 3.8) is 0 Å². The lowest BCUT2D eigenvalue weighted by atomic mass is 10.1. The molecule has 0 aliphatic rings. The number of aromatic nitrogens is 3. The number of rotatable bonds is 7. The summed E-state index contributed by atoms with van der Waals surface area (Å²) in [7, 11) is 0. The molecule has 0 atom stereocenters. The van der Waals surface area contributed by atoms with Gasteiger partial charge >= 0.3 is 0 Å². The Bertz CT molecular complexity index is 487. The summed E-state index contributed by atoms with van der Waals surface area (Å²) in [5.41, 5.74) is 3.42. The number of hydrogen-bond acceptors (Lipinski definition) is 3. The first-order chi connectivity index (χ1) is 9.33. The van der Waals surface area contributed by atoms with Crippen LogP contribution in [0.3, 0.4) is 0 Å². The zero-order valence-corrected chi connectivity index (χ0v) is 11.8. The van der Waals surface area contributed by atoms with E-state index in [2.05, 4.69) is 53.7 Å². The van der Waals surface area contributed by atoms with E-state index in [1.54, 1.807) is 0 Å². The average Bonchev–Trinajstić information content (AvgIpc) is 2.92. The molecule has 0 fully saturated rings. The van der Waals surface area contributed by atoms with E-state index < -0.39 is 0 Å². The molecule has 0 aliphatic carbocycles. The Hall–Kier alpha value is -1.68. The van der Waals surface area contributed by atoms with Crippen molar-refractivity contribution in [3.05, 3.63) is 41.7 Å². The Labute approximate surface area is 114 Å². The lowest BCUT2D eigenvalue weighted by Crippen LogP contribution is -2.11. The normalized spacial score (nSPS) is 10.8. The highest BCUT2D eigenvalue weighted by atomic mass is 15.4. The molecule has 0 saturated heterocycles. The van der Waals surface area contributed by atoms with Gasteiger partial charge in [-0.15, -0.1) is 5.10 Å². The molecule has 0 aliphatic heterocycles. The molecule has 0 amide bonds. The lowest BCUT2D eigenvalue weighted by Gasteiger charge is -2.03. The maximum Gasteiger partial charge on any atom is 0.0969 e. The van der Waals surface area contributed by atoms with Gasteiger partial charge in [0.25, 0.3) is 0 Å². The lowest BCUT2D eigenvalue weighted by molar-refractivity contribution is 0.705. The van der Waals surface area contributed by atoms with Crippen LogP contribution < -0.4 is 5.32 Å². The first-order valence-corrected chi connectivity index (χ1v) is 7.04. The topological polar surface area (TPSA) is 42.7 Å². The molecule has 1 aromatic heterocycles. The Morgan fingerprint density at radius 2 is 1.95 bits per heavy atom. The van der Waals surface area contributed by atoms with Crippen LogP contribution in [0, 0.1) is 0 Å². The molecule has 0 unspecified atom stereocenters. The Morgan fingerprint density at radius 1 is 1.16 bits per heavy atom. The zero-order chi connectivity index (χ0) is 13.5. The fourth-order valence-electron chi connectivity index (χ4n) is 1.95. The molecule has 4 heteroatoms. The summed E-state index contributed by atoms with van der Waals surface area (Å²) >= 11 is 0. The van der Waals surface area contributed by atoms with Crippen LogP contribution in [0.2, 0.25) is 0 Å². The third-order valence-electron chi connectivity index (χ3n) is 3.12. The SMILES string of the molecule is CCCCc1ccc(-n2cc(CNCC)nn2)cc1. The van der Waals surface area contributed by atoms with E-state index in [-0.39, 0.29) is 0 Å². The molecule has 0 spiro atoms. The van der Waals surface area contributed by atoms with E-state index in [1.165, 1.54) is 18.4 Å². The highest BCUT2D eigenvalue weighted by Crippen LogP contribution is 2.11. The minimum Gasteiger partial charge on any atom is -0.311 e. The molecule has 0 saturated carbocycles. The second-order valence-corrected chi connectivity index (χ2v) is 4.70. The minimum atomic E-state index is 0.769. The van der Waals surface area contributed by atoms with Crippen LogP contribution in [-0.2, 0) is 13.0 Å². The molecular formula is C15H22N4. The number of unbranched alkanes of at least 4 members (excludes halogenated alkanes) is 1. The maximum absolute atomic E-state index is 4.16. The Kier molecular flexibility index (Phi) is 5.10. The third kappa shape index (κ3) is 3.89. The van der Waals surface area contributed by atoms with E-state index in [0.717, 1.165) is 30.9 Å². The van der Waals surface area contributed by atoms with Crippen LogP contribution in [0.5, 0.6) is 0 Å². The van der Waals surface area contributed by atoms with E-state index in [0.29, 0.717) is 0 Å². The van der Waals surface area contributed by atoms with Crippen molar-refractivity contribution in [1.82, 2.24) is 20.3 Å². The quantitative estimate of drug-likeness (QED) is 0.830. The number of nitrogens with zero attached hydrogens (tertiary/aromatic N) is 3. The van der Waals surface area contributed by atoms with Gasteiger partial charge in [-0.05, 0) is 37.1 Å².